The zero-order chi connectivity index (χ0) is 11.0. The predicted octanol–water partition coefficient (Wildman–Crippen LogP) is 2.28. The van der Waals surface area contributed by atoms with Crippen molar-refractivity contribution in [3.8, 4) is 11.5 Å². The Morgan fingerprint density at radius 2 is 1.80 bits per heavy atom. The van der Waals surface area contributed by atoms with Crippen LogP contribution in [0.1, 0.15) is 17.9 Å². The second-order valence-electron chi connectivity index (χ2n) is 3.73. The molecule has 2 N–H and O–H groups in total. The lowest BCUT2D eigenvalue weighted by Crippen LogP contribution is -2.02. The third-order valence-corrected chi connectivity index (χ3v) is 3.43. The van der Waals surface area contributed by atoms with Gasteiger partial charge in [0.1, 0.15) is 0 Å². The van der Waals surface area contributed by atoms with Gasteiger partial charge in [-0.1, -0.05) is 15.9 Å². The van der Waals surface area contributed by atoms with Gasteiger partial charge in [0.2, 0.25) is 0 Å². The number of benzene rings is 1. The monoisotopic (exact) mass is 271 g/mol. The maximum atomic E-state index is 5.84. The van der Waals surface area contributed by atoms with E-state index in [1.54, 1.807) is 14.2 Å². The summed E-state index contributed by atoms with van der Waals surface area (Å²) in [7, 11) is 3.27. The largest absolute Gasteiger partial charge is 0.493 e. The molecule has 0 heterocycles. The summed E-state index contributed by atoms with van der Waals surface area (Å²) in [5.74, 6) is 1.95. The lowest BCUT2D eigenvalue weighted by Gasteiger charge is -2.11. The van der Waals surface area contributed by atoms with Crippen molar-refractivity contribution in [3.63, 3.8) is 0 Å². The molecule has 0 aliphatic heterocycles. The Morgan fingerprint density at radius 3 is 2.27 bits per heavy atom. The number of hydrogen-bond acceptors (Lipinski definition) is 3. The first kappa shape index (κ1) is 10.8. The summed E-state index contributed by atoms with van der Waals surface area (Å²) in [6, 6.07) is 4.22. The molecule has 15 heavy (non-hydrogen) atoms. The number of nitrogens with two attached hydrogens (primary N) is 1. The summed E-state index contributed by atoms with van der Waals surface area (Å²) < 4.78 is 11.5. The molecular weight excluding hydrogens is 258 g/mol. The molecule has 1 aromatic carbocycles. The summed E-state index contributed by atoms with van der Waals surface area (Å²) in [6.45, 7) is 0. The van der Waals surface area contributed by atoms with Gasteiger partial charge >= 0.3 is 0 Å². The smallest absolute Gasteiger partial charge is 0.161 e. The number of ether oxygens (including phenoxy) is 2. The fraction of sp³-hybridized carbons (Fsp3) is 0.455. The average Bonchev–Trinajstić information content (AvgIpc) is 2.94. The second kappa shape index (κ2) is 4.02. The summed E-state index contributed by atoms with van der Waals surface area (Å²) in [6.07, 6.45) is 1.05. The molecule has 2 atom stereocenters. The molecule has 4 heteroatoms. The summed E-state index contributed by atoms with van der Waals surface area (Å²) in [4.78, 5) is 0. The van der Waals surface area contributed by atoms with Crippen LogP contribution >= 0.6 is 15.9 Å². The number of hydrogen-bond donors (Lipinski definition) is 1. The molecular formula is C11H14BrNO2. The second-order valence-corrected chi connectivity index (χ2v) is 4.59. The lowest BCUT2D eigenvalue weighted by atomic mass is 10.1. The highest BCUT2D eigenvalue weighted by Crippen LogP contribution is 2.45. The van der Waals surface area contributed by atoms with E-state index in [-0.39, 0.29) is 0 Å². The van der Waals surface area contributed by atoms with Gasteiger partial charge in [0.25, 0.3) is 0 Å². The molecule has 0 unspecified atom stereocenters. The Bertz CT molecular complexity index is 381. The third kappa shape index (κ3) is 1.96. The molecule has 1 aliphatic carbocycles. The van der Waals surface area contributed by atoms with Crippen molar-refractivity contribution in [2.24, 2.45) is 5.73 Å². The minimum absolute atomic E-state index is 0.291. The van der Waals surface area contributed by atoms with Crippen molar-refractivity contribution in [2.45, 2.75) is 18.4 Å². The molecule has 82 valence electrons. The molecule has 2 rings (SSSR count). The summed E-state index contributed by atoms with van der Waals surface area (Å²) in [5.41, 5.74) is 7.05. The average molecular weight is 272 g/mol. The van der Waals surface area contributed by atoms with E-state index < -0.39 is 0 Å². The Labute approximate surface area is 97.7 Å². The van der Waals surface area contributed by atoms with Crippen molar-refractivity contribution < 1.29 is 9.47 Å². The van der Waals surface area contributed by atoms with E-state index in [1.165, 1.54) is 5.56 Å². The van der Waals surface area contributed by atoms with Crippen molar-refractivity contribution in [1.29, 1.82) is 0 Å². The van der Waals surface area contributed by atoms with Crippen LogP contribution in [0.2, 0.25) is 0 Å². The Balaban J connectivity index is 2.39. The summed E-state index contributed by atoms with van der Waals surface area (Å²) >= 11 is 3.53. The van der Waals surface area contributed by atoms with E-state index in [0.717, 1.165) is 22.4 Å². The van der Waals surface area contributed by atoms with Gasteiger partial charge < -0.3 is 15.2 Å². The van der Waals surface area contributed by atoms with Crippen LogP contribution < -0.4 is 15.2 Å². The molecule has 0 bridgehead atoms. The number of methoxy groups -OCH3 is 2. The first-order chi connectivity index (χ1) is 7.17. The minimum Gasteiger partial charge on any atom is -0.493 e. The van der Waals surface area contributed by atoms with Crippen LogP contribution in [0.15, 0.2) is 16.6 Å². The Hall–Kier alpha value is -0.740. The van der Waals surface area contributed by atoms with E-state index in [1.807, 2.05) is 12.1 Å². The van der Waals surface area contributed by atoms with Gasteiger partial charge in [-0.2, -0.15) is 0 Å². The number of rotatable bonds is 3. The maximum absolute atomic E-state index is 5.84. The van der Waals surface area contributed by atoms with Gasteiger partial charge in [0, 0.05) is 16.4 Å². The zero-order valence-corrected chi connectivity index (χ0v) is 10.4. The van der Waals surface area contributed by atoms with Crippen LogP contribution in [-0.4, -0.2) is 20.3 Å². The zero-order valence-electron chi connectivity index (χ0n) is 8.79. The molecule has 0 amide bonds. The van der Waals surface area contributed by atoms with E-state index in [2.05, 4.69) is 15.9 Å². The first-order valence-electron chi connectivity index (χ1n) is 4.84. The maximum Gasteiger partial charge on any atom is 0.161 e. The van der Waals surface area contributed by atoms with Gasteiger partial charge in [0.05, 0.1) is 14.2 Å². The first-order valence-corrected chi connectivity index (χ1v) is 5.63. The third-order valence-electron chi connectivity index (χ3n) is 2.74. The van der Waals surface area contributed by atoms with Crippen LogP contribution in [-0.2, 0) is 0 Å². The van der Waals surface area contributed by atoms with Crippen LogP contribution in [0.3, 0.4) is 0 Å². The number of halogens is 1. The van der Waals surface area contributed by atoms with Crippen LogP contribution in [0, 0.1) is 0 Å². The van der Waals surface area contributed by atoms with E-state index in [9.17, 15) is 0 Å². The fourth-order valence-electron chi connectivity index (χ4n) is 1.73. The van der Waals surface area contributed by atoms with Crippen molar-refractivity contribution in [1.82, 2.24) is 0 Å². The predicted molar refractivity (Wildman–Crippen MR) is 62.6 cm³/mol. The van der Waals surface area contributed by atoms with E-state index in [0.29, 0.717) is 12.0 Å². The van der Waals surface area contributed by atoms with Gasteiger partial charge in [-0.25, -0.2) is 0 Å². The highest BCUT2D eigenvalue weighted by atomic mass is 79.9. The molecule has 1 fully saturated rings. The molecule has 3 nitrogen and oxygen atoms in total. The topological polar surface area (TPSA) is 44.5 Å². The van der Waals surface area contributed by atoms with E-state index >= 15 is 0 Å². The van der Waals surface area contributed by atoms with Gasteiger partial charge in [-0.3, -0.25) is 0 Å². The van der Waals surface area contributed by atoms with E-state index in [4.69, 9.17) is 15.2 Å². The molecule has 1 aliphatic rings. The normalized spacial score (nSPS) is 23.7. The molecule has 0 aromatic heterocycles. The SMILES string of the molecule is COc1cc(Br)c([C@@H]2C[C@H]2N)cc1OC. The standard InChI is InChI=1S/C11H14BrNO2/c1-14-10-4-6(7-3-9(7)13)8(12)5-11(10)15-2/h4-5,7,9H,3,13H2,1-2H3/t7-,9+/m0/s1. The van der Waals surface area contributed by atoms with Gasteiger partial charge in [-0.05, 0) is 24.1 Å². The lowest BCUT2D eigenvalue weighted by molar-refractivity contribution is 0.354. The van der Waals surface area contributed by atoms with Crippen molar-refractivity contribution >= 4 is 15.9 Å². The van der Waals surface area contributed by atoms with Crippen LogP contribution in [0.4, 0.5) is 0 Å². The highest BCUT2D eigenvalue weighted by molar-refractivity contribution is 9.10. The van der Waals surface area contributed by atoms with Crippen LogP contribution in [0.25, 0.3) is 0 Å². The fourth-order valence-corrected chi connectivity index (χ4v) is 2.34. The Morgan fingerprint density at radius 1 is 1.27 bits per heavy atom. The van der Waals surface area contributed by atoms with Crippen molar-refractivity contribution in [3.05, 3.63) is 22.2 Å². The molecule has 0 radical (unpaired) electrons. The minimum atomic E-state index is 0.291. The van der Waals surface area contributed by atoms with Crippen molar-refractivity contribution in [2.75, 3.05) is 14.2 Å². The molecule has 0 spiro atoms. The Kier molecular flexibility index (Phi) is 2.89. The highest BCUT2D eigenvalue weighted by Gasteiger charge is 2.36. The quantitative estimate of drug-likeness (QED) is 0.918. The summed E-state index contributed by atoms with van der Waals surface area (Å²) in [5, 5.41) is 0. The molecule has 0 saturated heterocycles. The molecule has 1 aromatic rings. The van der Waals surface area contributed by atoms with Gasteiger partial charge in [0.15, 0.2) is 11.5 Å². The van der Waals surface area contributed by atoms with Gasteiger partial charge in [-0.15, -0.1) is 0 Å². The molecule has 1 saturated carbocycles. The van der Waals surface area contributed by atoms with Crippen LogP contribution in [0.5, 0.6) is 11.5 Å².